The zero-order valence-electron chi connectivity index (χ0n) is 24.4. The van der Waals surface area contributed by atoms with Crippen LogP contribution in [0.4, 0.5) is 0 Å². The molecule has 9 nitrogen and oxygen atoms in total. The molecule has 1 saturated carbocycles. The van der Waals surface area contributed by atoms with Crippen molar-refractivity contribution in [3.8, 4) is 5.75 Å². The summed E-state index contributed by atoms with van der Waals surface area (Å²) in [5.74, 6) is 0.582. The van der Waals surface area contributed by atoms with Crippen molar-refractivity contribution in [1.82, 2.24) is 19.0 Å². The number of piperazine rings is 1. The van der Waals surface area contributed by atoms with Gasteiger partial charge in [-0.05, 0) is 76.6 Å². The largest absolute Gasteiger partial charge is 0.497 e. The van der Waals surface area contributed by atoms with E-state index in [-0.39, 0.29) is 36.6 Å². The Morgan fingerprint density at radius 3 is 2.29 bits per heavy atom. The van der Waals surface area contributed by atoms with Gasteiger partial charge in [0.15, 0.2) is 0 Å². The van der Waals surface area contributed by atoms with E-state index in [2.05, 4.69) is 23.6 Å². The molecule has 2 aliphatic rings. The van der Waals surface area contributed by atoms with Crippen LogP contribution in [0.25, 0.3) is 0 Å². The van der Waals surface area contributed by atoms with Gasteiger partial charge in [-0.15, -0.1) is 0 Å². The second-order valence-corrected chi connectivity index (χ2v) is 13.1. The lowest BCUT2D eigenvalue weighted by Gasteiger charge is -2.44. The number of nitrogens with zero attached hydrogens (tertiary/aromatic N) is 4. The molecule has 0 bridgehead atoms. The maximum atomic E-state index is 13.2. The Bertz CT molecular complexity index is 1020. The third kappa shape index (κ3) is 7.47. The first-order valence-electron chi connectivity index (χ1n) is 13.9. The van der Waals surface area contributed by atoms with E-state index in [1.54, 1.807) is 40.1 Å². The first kappa shape index (κ1) is 30.8. The van der Waals surface area contributed by atoms with Crippen molar-refractivity contribution in [2.75, 3.05) is 67.1 Å². The molecule has 1 aliphatic heterocycles. The summed E-state index contributed by atoms with van der Waals surface area (Å²) < 4.78 is 38.5. The average molecular weight is 553 g/mol. The summed E-state index contributed by atoms with van der Waals surface area (Å²) >= 11 is 0. The van der Waals surface area contributed by atoms with Crippen LogP contribution in [-0.2, 0) is 19.6 Å². The Kier molecular flexibility index (Phi) is 11.0. The summed E-state index contributed by atoms with van der Waals surface area (Å²) in [6.07, 6.45) is 4.35. The second-order valence-electron chi connectivity index (χ2n) is 11.1. The topological polar surface area (TPSA) is 82.6 Å². The molecule has 1 aromatic carbocycles. The van der Waals surface area contributed by atoms with Gasteiger partial charge in [0.2, 0.25) is 15.9 Å². The summed E-state index contributed by atoms with van der Waals surface area (Å²) in [5.41, 5.74) is 1.28. The highest BCUT2D eigenvalue weighted by atomic mass is 32.2. The summed E-state index contributed by atoms with van der Waals surface area (Å²) in [5, 5.41) is 0. The fourth-order valence-electron chi connectivity index (χ4n) is 5.81. The molecule has 216 valence electrons. The Morgan fingerprint density at radius 1 is 1.08 bits per heavy atom. The van der Waals surface area contributed by atoms with Gasteiger partial charge < -0.3 is 14.4 Å². The number of likely N-dealkylation sites (N-methyl/N-ethyl adjacent to an activating group) is 2. The lowest BCUT2D eigenvalue weighted by Crippen LogP contribution is -2.54. The van der Waals surface area contributed by atoms with Crippen LogP contribution < -0.4 is 4.74 Å². The lowest BCUT2D eigenvalue weighted by molar-refractivity contribution is -0.138. The van der Waals surface area contributed by atoms with Crippen molar-refractivity contribution < 1.29 is 22.7 Å². The molecule has 0 spiro atoms. The standard InChI is InChI=1S/C28H48N4O5S/c1-21(2)31-11-13-32(14-12-31)25-10-8-9-24(19-25)30(6)27(33)20-37-16-15-29(5)38(34,35)28-22(3)17-26(36-7)18-23(28)4/h17-18,21,24-25H,8-16,19-20H2,1-7H3/t24-,25-/m0/s1. The first-order valence-corrected chi connectivity index (χ1v) is 15.3. The maximum Gasteiger partial charge on any atom is 0.248 e. The molecule has 1 saturated heterocycles. The third-order valence-corrected chi connectivity index (χ3v) is 10.4. The number of carbonyl (C=O) groups excluding carboxylic acids is 1. The van der Waals surface area contributed by atoms with E-state index in [1.165, 1.54) is 10.7 Å². The van der Waals surface area contributed by atoms with Crippen LogP contribution in [0, 0.1) is 13.8 Å². The fourth-order valence-corrected chi connectivity index (χ4v) is 7.37. The highest BCUT2D eigenvalue weighted by molar-refractivity contribution is 7.89. The average Bonchev–Trinajstić information content (AvgIpc) is 2.89. The van der Waals surface area contributed by atoms with Gasteiger partial charge in [-0.2, -0.15) is 4.31 Å². The van der Waals surface area contributed by atoms with Gasteiger partial charge in [0.25, 0.3) is 0 Å². The molecule has 0 aromatic heterocycles. The van der Waals surface area contributed by atoms with Gasteiger partial charge in [-0.1, -0.05) is 0 Å². The van der Waals surface area contributed by atoms with Gasteiger partial charge in [0.05, 0.1) is 18.6 Å². The number of aryl methyl sites for hydroxylation is 2. The van der Waals surface area contributed by atoms with Crippen molar-refractivity contribution in [2.45, 2.75) is 76.4 Å². The van der Waals surface area contributed by atoms with Crippen molar-refractivity contribution in [1.29, 1.82) is 0 Å². The van der Waals surface area contributed by atoms with E-state index < -0.39 is 10.0 Å². The maximum absolute atomic E-state index is 13.2. The molecule has 3 rings (SSSR count). The molecular formula is C28H48N4O5S. The normalized spacial score (nSPS) is 21.7. The van der Waals surface area contributed by atoms with E-state index in [0.717, 1.165) is 45.4 Å². The number of amides is 1. The fraction of sp³-hybridized carbons (Fsp3) is 0.750. The molecule has 10 heteroatoms. The lowest BCUT2D eigenvalue weighted by atomic mass is 9.88. The Morgan fingerprint density at radius 2 is 1.71 bits per heavy atom. The van der Waals surface area contributed by atoms with Crippen LogP contribution in [-0.4, -0.2) is 119 Å². The third-order valence-electron chi connectivity index (χ3n) is 8.27. The SMILES string of the molecule is COc1cc(C)c(S(=O)(=O)N(C)CCOCC(=O)N(C)[C@H]2CCC[C@H](N3CCN(C(C)C)CC3)C2)c(C)c1. The van der Waals surface area contributed by atoms with Crippen molar-refractivity contribution in [3.05, 3.63) is 23.3 Å². The molecule has 0 N–H and O–H groups in total. The van der Waals surface area contributed by atoms with E-state index in [4.69, 9.17) is 9.47 Å². The zero-order valence-corrected chi connectivity index (χ0v) is 25.2. The first-order chi connectivity index (χ1) is 17.9. The van der Waals surface area contributed by atoms with Gasteiger partial charge in [0.1, 0.15) is 12.4 Å². The van der Waals surface area contributed by atoms with E-state index >= 15 is 0 Å². The van der Waals surface area contributed by atoms with Gasteiger partial charge in [-0.25, -0.2) is 8.42 Å². The van der Waals surface area contributed by atoms with Gasteiger partial charge in [0, 0.05) is 64.9 Å². The van der Waals surface area contributed by atoms with Crippen molar-refractivity contribution >= 4 is 15.9 Å². The molecule has 0 unspecified atom stereocenters. The van der Waals surface area contributed by atoms with Crippen molar-refractivity contribution in [2.24, 2.45) is 0 Å². The molecule has 1 aromatic rings. The molecule has 1 aliphatic carbocycles. The highest BCUT2D eigenvalue weighted by Crippen LogP contribution is 2.29. The molecular weight excluding hydrogens is 504 g/mol. The second kappa shape index (κ2) is 13.6. The van der Waals surface area contributed by atoms with Gasteiger partial charge in [-0.3, -0.25) is 14.6 Å². The molecule has 2 fully saturated rings. The molecule has 1 amide bonds. The minimum Gasteiger partial charge on any atom is -0.497 e. The van der Waals surface area contributed by atoms with Crippen LogP contribution in [0.1, 0.15) is 50.7 Å². The molecule has 38 heavy (non-hydrogen) atoms. The number of hydrogen-bond acceptors (Lipinski definition) is 7. The summed E-state index contributed by atoms with van der Waals surface area (Å²) in [7, 11) is 1.29. The Hall–Kier alpha value is -1.72. The number of carbonyl (C=O) groups is 1. The monoisotopic (exact) mass is 552 g/mol. The zero-order chi connectivity index (χ0) is 28.0. The van der Waals surface area contributed by atoms with E-state index in [1.807, 2.05) is 11.9 Å². The molecule has 1 heterocycles. The van der Waals surface area contributed by atoms with E-state index in [0.29, 0.717) is 29.0 Å². The summed E-state index contributed by atoms with van der Waals surface area (Å²) in [4.78, 5) is 20.2. The predicted molar refractivity (Wildman–Crippen MR) is 150 cm³/mol. The minimum atomic E-state index is -3.69. The number of ether oxygens (including phenoxy) is 2. The predicted octanol–water partition coefficient (Wildman–Crippen LogP) is 2.74. The summed E-state index contributed by atoms with van der Waals surface area (Å²) in [6, 6.07) is 4.79. The Labute approximate surface area is 230 Å². The number of hydrogen-bond donors (Lipinski definition) is 0. The minimum absolute atomic E-state index is 0.0425. The summed E-state index contributed by atoms with van der Waals surface area (Å²) in [6.45, 7) is 12.8. The quantitative estimate of drug-likeness (QED) is 0.391. The number of benzene rings is 1. The molecule has 0 radical (unpaired) electrons. The van der Waals surface area contributed by atoms with Crippen LogP contribution in [0.15, 0.2) is 17.0 Å². The number of sulfonamides is 1. The van der Waals surface area contributed by atoms with E-state index in [9.17, 15) is 13.2 Å². The Balaban J connectivity index is 1.45. The number of methoxy groups -OCH3 is 1. The van der Waals surface area contributed by atoms with Crippen LogP contribution in [0.5, 0.6) is 5.75 Å². The molecule has 2 atom stereocenters. The van der Waals surface area contributed by atoms with Crippen LogP contribution >= 0.6 is 0 Å². The van der Waals surface area contributed by atoms with Crippen LogP contribution in [0.3, 0.4) is 0 Å². The van der Waals surface area contributed by atoms with Gasteiger partial charge >= 0.3 is 0 Å². The highest BCUT2D eigenvalue weighted by Gasteiger charge is 2.32. The van der Waals surface area contributed by atoms with Crippen LogP contribution in [0.2, 0.25) is 0 Å². The van der Waals surface area contributed by atoms with Crippen molar-refractivity contribution in [3.63, 3.8) is 0 Å². The number of rotatable bonds is 11. The smallest absolute Gasteiger partial charge is 0.248 e.